The van der Waals surface area contributed by atoms with Gasteiger partial charge in [-0.15, -0.1) is 5.10 Å². The maximum absolute atomic E-state index is 10.8. The number of aliphatic hydroxyl groups is 1. The van der Waals surface area contributed by atoms with Crippen LogP contribution in [0, 0.1) is 17.0 Å². The molecule has 1 N–H and O–H groups in total. The van der Waals surface area contributed by atoms with Crippen LogP contribution in [-0.2, 0) is 5.60 Å². The van der Waals surface area contributed by atoms with Crippen LogP contribution >= 0.6 is 11.6 Å². The van der Waals surface area contributed by atoms with Crippen molar-refractivity contribution in [3.63, 3.8) is 0 Å². The summed E-state index contributed by atoms with van der Waals surface area (Å²) in [5.74, 6) is 0. The van der Waals surface area contributed by atoms with Gasteiger partial charge in [-0.25, -0.2) is 4.68 Å². The molecule has 0 saturated carbocycles. The average molecular weight is 297 g/mol. The Labute approximate surface area is 119 Å². The highest BCUT2D eigenvalue weighted by Crippen LogP contribution is 2.29. The molecular formula is C12H13ClN4O3. The van der Waals surface area contributed by atoms with E-state index in [2.05, 4.69) is 10.3 Å². The summed E-state index contributed by atoms with van der Waals surface area (Å²) in [7, 11) is 0. The van der Waals surface area contributed by atoms with E-state index < -0.39 is 10.5 Å². The van der Waals surface area contributed by atoms with Crippen molar-refractivity contribution in [2.75, 3.05) is 0 Å². The van der Waals surface area contributed by atoms with E-state index >= 15 is 0 Å². The topological polar surface area (TPSA) is 94.1 Å². The van der Waals surface area contributed by atoms with Crippen molar-refractivity contribution in [3.05, 3.63) is 44.7 Å². The molecule has 7 nitrogen and oxygen atoms in total. The first-order chi connectivity index (χ1) is 9.20. The minimum Gasteiger partial charge on any atom is -0.384 e. The van der Waals surface area contributed by atoms with Crippen molar-refractivity contribution in [1.82, 2.24) is 15.0 Å². The number of halogens is 1. The Morgan fingerprint density at radius 1 is 1.45 bits per heavy atom. The van der Waals surface area contributed by atoms with Gasteiger partial charge in [-0.05, 0) is 32.4 Å². The Balaban J connectivity index is 2.51. The Kier molecular flexibility index (Phi) is 3.49. The molecule has 0 saturated heterocycles. The van der Waals surface area contributed by atoms with Gasteiger partial charge in [-0.1, -0.05) is 16.8 Å². The number of nitro groups is 1. The van der Waals surface area contributed by atoms with Gasteiger partial charge in [0.25, 0.3) is 5.69 Å². The molecule has 0 unspecified atom stereocenters. The van der Waals surface area contributed by atoms with Crippen molar-refractivity contribution < 1.29 is 10.0 Å². The van der Waals surface area contributed by atoms with Crippen LogP contribution in [0.4, 0.5) is 5.69 Å². The highest BCUT2D eigenvalue weighted by Gasteiger charge is 2.22. The average Bonchev–Trinajstić information content (AvgIpc) is 2.80. The maximum atomic E-state index is 10.8. The van der Waals surface area contributed by atoms with Crippen molar-refractivity contribution in [1.29, 1.82) is 0 Å². The third-order valence-corrected chi connectivity index (χ3v) is 3.13. The molecular weight excluding hydrogens is 284 g/mol. The second-order valence-electron chi connectivity index (χ2n) is 4.95. The van der Waals surface area contributed by atoms with Gasteiger partial charge >= 0.3 is 0 Å². The van der Waals surface area contributed by atoms with E-state index in [1.54, 1.807) is 27.0 Å². The lowest BCUT2D eigenvalue weighted by atomic mass is 10.1. The Morgan fingerprint density at radius 3 is 2.60 bits per heavy atom. The number of benzene rings is 1. The van der Waals surface area contributed by atoms with Crippen LogP contribution in [0.15, 0.2) is 18.3 Å². The van der Waals surface area contributed by atoms with Crippen LogP contribution in [0.1, 0.15) is 25.1 Å². The van der Waals surface area contributed by atoms with Gasteiger partial charge in [-0.2, -0.15) is 0 Å². The van der Waals surface area contributed by atoms with E-state index in [-0.39, 0.29) is 10.7 Å². The summed E-state index contributed by atoms with van der Waals surface area (Å²) in [4.78, 5) is 10.3. The van der Waals surface area contributed by atoms with Gasteiger partial charge in [0, 0.05) is 6.07 Å². The molecule has 0 spiro atoms. The standard InChI is InChI=1S/C12H13ClN4O3/c1-7-4-10(17(19)20)8(13)5-9(7)16-6-11(14-15-16)12(2,3)18/h4-6,18H,1-3H3. The lowest BCUT2D eigenvalue weighted by molar-refractivity contribution is -0.384. The number of hydrogen-bond donors (Lipinski definition) is 1. The van der Waals surface area contributed by atoms with E-state index in [1.807, 2.05) is 0 Å². The summed E-state index contributed by atoms with van der Waals surface area (Å²) in [5.41, 5.74) is 0.329. The molecule has 0 aliphatic heterocycles. The largest absolute Gasteiger partial charge is 0.384 e. The van der Waals surface area contributed by atoms with Crippen LogP contribution in [0.3, 0.4) is 0 Å². The van der Waals surface area contributed by atoms with Crippen molar-refractivity contribution in [3.8, 4) is 5.69 Å². The number of aromatic nitrogens is 3. The van der Waals surface area contributed by atoms with E-state index in [4.69, 9.17) is 11.6 Å². The SMILES string of the molecule is Cc1cc([N+](=O)[O-])c(Cl)cc1-n1cc(C(C)(C)O)nn1. The molecule has 0 fully saturated rings. The zero-order chi connectivity index (χ0) is 15.1. The summed E-state index contributed by atoms with van der Waals surface area (Å²) in [6.07, 6.45) is 1.56. The molecule has 0 amide bonds. The molecule has 2 aromatic rings. The first kappa shape index (κ1) is 14.4. The Morgan fingerprint density at radius 2 is 2.10 bits per heavy atom. The Hall–Kier alpha value is -1.99. The van der Waals surface area contributed by atoms with E-state index in [0.29, 0.717) is 16.9 Å². The highest BCUT2D eigenvalue weighted by atomic mass is 35.5. The zero-order valence-corrected chi connectivity index (χ0v) is 11.9. The Bertz CT molecular complexity index is 676. The monoisotopic (exact) mass is 296 g/mol. The second kappa shape index (κ2) is 4.84. The molecule has 0 radical (unpaired) electrons. The summed E-state index contributed by atoms with van der Waals surface area (Å²) in [5, 5.41) is 28.5. The van der Waals surface area contributed by atoms with E-state index in [1.165, 1.54) is 16.8 Å². The van der Waals surface area contributed by atoms with Gasteiger partial charge in [0.15, 0.2) is 0 Å². The molecule has 1 aromatic heterocycles. The number of aryl methyl sites for hydroxylation is 1. The highest BCUT2D eigenvalue weighted by molar-refractivity contribution is 6.32. The minimum atomic E-state index is -1.11. The van der Waals surface area contributed by atoms with Crippen LogP contribution in [0.5, 0.6) is 0 Å². The molecule has 8 heteroatoms. The zero-order valence-electron chi connectivity index (χ0n) is 11.2. The first-order valence-electron chi connectivity index (χ1n) is 5.80. The van der Waals surface area contributed by atoms with Gasteiger partial charge in [0.2, 0.25) is 0 Å². The summed E-state index contributed by atoms with van der Waals surface area (Å²) in [6, 6.07) is 2.83. The third-order valence-electron chi connectivity index (χ3n) is 2.83. The molecule has 106 valence electrons. The molecule has 20 heavy (non-hydrogen) atoms. The maximum Gasteiger partial charge on any atom is 0.288 e. The predicted molar refractivity (Wildman–Crippen MR) is 73.0 cm³/mol. The van der Waals surface area contributed by atoms with Crippen molar-refractivity contribution in [2.45, 2.75) is 26.4 Å². The number of nitro benzene ring substituents is 1. The van der Waals surface area contributed by atoms with Gasteiger partial charge < -0.3 is 5.11 Å². The molecule has 1 aromatic carbocycles. The fraction of sp³-hybridized carbons (Fsp3) is 0.333. The van der Waals surface area contributed by atoms with Crippen LogP contribution in [0.2, 0.25) is 5.02 Å². The smallest absolute Gasteiger partial charge is 0.288 e. The molecule has 0 bridgehead atoms. The van der Waals surface area contributed by atoms with Gasteiger partial charge in [-0.3, -0.25) is 10.1 Å². The number of rotatable bonds is 3. The van der Waals surface area contributed by atoms with Crippen LogP contribution in [0.25, 0.3) is 5.69 Å². The van der Waals surface area contributed by atoms with Crippen LogP contribution in [-0.4, -0.2) is 25.0 Å². The minimum absolute atomic E-state index is 0.0240. The fourth-order valence-electron chi connectivity index (χ4n) is 1.70. The third kappa shape index (κ3) is 2.63. The van der Waals surface area contributed by atoms with Gasteiger partial charge in [0.05, 0.1) is 16.8 Å². The van der Waals surface area contributed by atoms with Gasteiger partial charge in [0.1, 0.15) is 16.3 Å². The summed E-state index contributed by atoms with van der Waals surface area (Å²) >= 11 is 5.89. The predicted octanol–water partition coefficient (Wildman–Crippen LogP) is 2.36. The first-order valence-corrected chi connectivity index (χ1v) is 6.18. The number of hydrogen-bond acceptors (Lipinski definition) is 5. The second-order valence-corrected chi connectivity index (χ2v) is 5.36. The molecule has 0 aliphatic carbocycles. The van der Waals surface area contributed by atoms with Crippen molar-refractivity contribution >= 4 is 17.3 Å². The molecule has 0 aliphatic rings. The van der Waals surface area contributed by atoms with Crippen LogP contribution < -0.4 is 0 Å². The fourth-order valence-corrected chi connectivity index (χ4v) is 1.93. The van der Waals surface area contributed by atoms with E-state index in [9.17, 15) is 15.2 Å². The molecule has 0 atom stereocenters. The quantitative estimate of drug-likeness (QED) is 0.693. The lowest BCUT2D eigenvalue weighted by Crippen LogP contribution is -2.15. The van der Waals surface area contributed by atoms with Crippen molar-refractivity contribution in [2.24, 2.45) is 0 Å². The normalized spacial score (nSPS) is 11.7. The van der Waals surface area contributed by atoms with E-state index in [0.717, 1.165) is 0 Å². The molecule has 2 rings (SSSR count). The summed E-state index contributed by atoms with van der Waals surface area (Å²) in [6.45, 7) is 4.90. The lowest BCUT2D eigenvalue weighted by Gasteiger charge is -2.12. The number of nitrogens with zero attached hydrogens (tertiary/aromatic N) is 4. The summed E-state index contributed by atoms with van der Waals surface area (Å²) < 4.78 is 1.43. The molecule has 1 heterocycles.